The summed E-state index contributed by atoms with van der Waals surface area (Å²) in [4.78, 5) is 71.0. The molecule has 2 aromatic carbocycles. The molecule has 14 nitrogen and oxygen atoms in total. The molecule has 4 atom stereocenters. The number of alkyl carbamates (subject to hydrolysis) is 1. The van der Waals surface area contributed by atoms with Gasteiger partial charge in [0.15, 0.2) is 0 Å². The van der Waals surface area contributed by atoms with Crippen LogP contribution in [0.5, 0.6) is 0 Å². The highest BCUT2D eigenvalue weighted by molar-refractivity contribution is 5.87. The van der Waals surface area contributed by atoms with Crippen molar-refractivity contribution in [2.75, 3.05) is 27.2 Å². The van der Waals surface area contributed by atoms with E-state index in [9.17, 15) is 24.3 Å². The van der Waals surface area contributed by atoms with Gasteiger partial charge in [-0.05, 0) is 66.3 Å². The number of aromatic nitrogens is 4. The van der Waals surface area contributed by atoms with Gasteiger partial charge in [-0.1, -0.05) is 58.0 Å². The fraction of sp³-hybridized carbons (Fsp3) is 0.450. The van der Waals surface area contributed by atoms with Gasteiger partial charge < -0.3 is 34.9 Å². The second kappa shape index (κ2) is 16.3. The normalized spacial score (nSPS) is 18.1. The lowest BCUT2D eigenvalue weighted by atomic mass is 10.0. The Morgan fingerprint density at radius 1 is 0.836 bits per heavy atom. The van der Waals surface area contributed by atoms with Crippen molar-refractivity contribution in [2.24, 2.45) is 11.8 Å². The number of benzene rings is 2. The van der Waals surface area contributed by atoms with E-state index in [1.54, 1.807) is 28.3 Å². The van der Waals surface area contributed by atoms with Crippen LogP contribution in [0.15, 0.2) is 54.9 Å². The molecule has 4 N–H and O–H groups in total. The van der Waals surface area contributed by atoms with E-state index >= 15 is 4.39 Å². The lowest BCUT2D eigenvalue weighted by Crippen LogP contribution is -2.51. The molecule has 2 aliphatic heterocycles. The number of nitrogens with one attached hydrogen (secondary N) is 3. The SMILES string of the molecule is COC(=O)NC(C(=O)N1CCCC1c1ncc(-c2ccc(-c3ccc(-c4cnc([C@@H]5CCCN5C(=O)[C@H](C(C)C)N(C)C(=O)O)[nH]4)cc3)cc2F)[nH]1)C(C)C. The Morgan fingerprint density at radius 2 is 1.38 bits per heavy atom. The van der Waals surface area contributed by atoms with Crippen LogP contribution in [0.25, 0.3) is 33.6 Å². The van der Waals surface area contributed by atoms with E-state index in [2.05, 4.69) is 25.3 Å². The molecule has 4 heterocycles. The predicted octanol–water partition coefficient (Wildman–Crippen LogP) is 6.61. The van der Waals surface area contributed by atoms with Gasteiger partial charge in [0.1, 0.15) is 29.5 Å². The highest BCUT2D eigenvalue weighted by Crippen LogP contribution is 2.36. The first-order valence-corrected chi connectivity index (χ1v) is 18.7. The number of likely N-dealkylation sites (tertiary alicyclic amines) is 2. The first-order valence-electron chi connectivity index (χ1n) is 18.7. The third-order valence-corrected chi connectivity index (χ3v) is 10.7. The van der Waals surface area contributed by atoms with E-state index in [0.29, 0.717) is 54.4 Å². The summed E-state index contributed by atoms with van der Waals surface area (Å²) in [5.41, 5.74) is 3.98. The topological polar surface area (TPSA) is 177 Å². The molecule has 2 saturated heterocycles. The molecule has 2 aliphatic rings. The molecular formula is C40H49FN8O6. The average molecular weight is 757 g/mol. The van der Waals surface area contributed by atoms with Crippen molar-refractivity contribution >= 4 is 24.0 Å². The van der Waals surface area contributed by atoms with E-state index in [0.717, 1.165) is 34.6 Å². The van der Waals surface area contributed by atoms with Crippen LogP contribution in [0, 0.1) is 17.7 Å². The van der Waals surface area contributed by atoms with Gasteiger partial charge in [-0.3, -0.25) is 14.5 Å². The van der Waals surface area contributed by atoms with Crippen molar-refractivity contribution < 1.29 is 33.4 Å². The van der Waals surface area contributed by atoms with Crippen LogP contribution in [0.2, 0.25) is 0 Å². The minimum atomic E-state index is -1.15. The minimum absolute atomic E-state index is 0.159. The summed E-state index contributed by atoms with van der Waals surface area (Å²) in [6, 6.07) is 10.5. The quantitative estimate of drug-likeness (QED) is 0.132. The van der Waals surface area contributed by atoms with Gasteiger partial charge in [-0.2, -0.15) is 0 Å². The molecule has 2 aromatic heterocycles. The Balaban J connectivity index is 1.14. The molecule has 292 valence electrons. The fourth-order valence-electron chi connectivity index (χ4n) is 7.75. The van der Waals surface area contributed by atoms with Crippen molar-refractivity contribution in [1.82, 2.24) is 40.0 Å². The number of amides is 4. The van der Waals surface area contributed by atoms with Gasteiger partial charge in [0.2, 0.25) is 11.8 Å². The maximum atomic E-state index is 15.7. The first kappa shape index (κ1) is 39.0. The minimum Gasteiger partial charge on any atom is -0.465 e. The summed E-state index contributed by atoms with van der Waals surface area (Å²) in [5, 5.41) is 12.2. The number of carbonyl (C=O) groups is 4. The summed E-state index contributed by atoms with van der Waals surface area (Å²) in [5.74, 6) is -0.0274. The second-order valence-corrected chi connectivity index (χ2v) is 15.0. The van der Waals surface area contributed by atoms with E-state index in [-0.39, 0.29) is 35.7 Å². The number of ether oxygens (including phenoxy) is 1. The standard InChI is InChI=1S/C40H49FN8O6/c1-22(2)33(46-39(52)55-6)37(50)48-17-7-9-31(48)36-43-21-30(45-36)27-16-15-26(19-28(27)41)24-11-13-25(14-12-24)29-20-42-35(44-29)32-10-8-18-49(32)38(51)34(23(3)4)47(5)40(53)54/h11-16,19-23,31-34H,7-10,17-18H2,1-6H3,(H,42,44)(H,43,45)(H,46,52)(H,53,54)/t31?,32-,33?,34-/m0/s1. The maximum Gasteiger partial charge on any atom is 0.407 e. The third kappa shape index (κ3) is 8.05. The van der Waals surface area contributed by atoms with Crippen LogP contribution >= 0.6 is 0 Å². The Kier molecular flexibility index (Phi) is 11.6. The van der Waals surface area contributed by atoms with Crippen molar-refractivity contribution in [3.05, 3.63) is 72.3 Å². The zero-order valence-electron chi connectivity index (χ0n) is 32.0. The predicted molar refractivity (Wildman–Crippen MR) is 203 cm³/mol. The molecule has 6 rings (SSSR count). The lowest BCUT2D eigenvalue weighted by Gasteiger charge is -2.33. The number of imidazole rings is 2. The summed E-state index contributed by atoms with van der Waals surface area (Å²) >= 11 is 0. The summed E-state index contributed by atoms with van der Waals surface area (Å²) in [7, 11) is 2.68. The van der Waals surface area contributed by atoms with Crippen molar-refractivity contribution in [2.45, 2.75) is 77.5 Å². The van der Waals surface area contributed by atoms with Gasteiger partial charge in [0.05, 0.1) is 43.0 Å². The maximum absolute atomic E-state index is 15.7. The number of halogens is 1. The monoisotopic (exact) mass is 756 g/mol. The van der Waals surface area contributed by atoms with Gasteiger partial charge in [0.25, 0.3) is 0 Å². The molecule has 0 saturated carbocycles. The molecule has 55 heavy (non-hydrogen) atoms. The molecule has 0 radical (unpaired) electrons. The molecule has 0 aliphatic carbocycles. The second-order valence-electron chi connectivity index (χ2n) is 15.0. The van der Waals surface area contributed by atoms with Crippen LogP contribution in [-0.4, -0.2) is 103 Å². The zero-order valence-corrected chi connectivity index (χ0v) is 32.0. The Morgan fingerprint density at radius 3 is 1.93 bits per heavy atom. The Hall–Kier alpha value is -5.73. The number of methoxy groups -OCH3 is 1. The first-order chi connectivity index (χ1) is 26.3. The van der Waals surface area contributed by atoms with Crippen molar-refractivity contribution in [1.29, 1.82) is 0 Å². The van der Waals surface area contributed by atoms with Crippen LogP contribution in [-0.2, 0) is 14.3 Å². The zero-order chi connectivity index (χ0) is 39.6. The smallest absolute Gasteiger partial charge is 0.407 e. The van der Waals surface area contributed by atoms with Gasteiger partial charge in [-0.25, -0.2) is 23.9 Å². The summed E-state index contributed by atoms with van der Waals surface area (Å²) < 4.78 is 20.4. The third-order valence-electron chi connectivity index (χ3n) is 10.7. The molecular weight excluding hydrogens is 707 g/mol. The van der Waals surface area contributed by atoms with Crippen molar-refractivity contribution in [3.63, 3.8) is 0 Å². The van der Waals surface area contributed by atoms with Gasteiger partial charge in [-0.15, -0.1) is 0 Å². The molecule has 0 spiro atoms. The van der Waals surface area contributed by atoms with E-state index < -0.39 is 30.1 Å². The number of rotatable bonds is 11. The van der Waals surface area contributed by atoms with Crippen LogP contribution in [0.4, 0.5) is 14.0 Å². The molecule has 2 unspecified atom stereocenters. The van der Waals surface area contributed by atoms with Crippen LogP contribution in [0.1, 0.15) is 77.1 Å². The number of nitrogens with zero attached hydrogens (tertiary/aromatic N) is 5. The Bertz CT molecular complexity index is 2030. The van der Waals surface area contributed by atoms with E-state index in [1.165, 1.54) is 20.2 Å². The molecule has 15 heteroatoms. The van der Waals surface area contributed by atoms with Crippen LogP contribution < -0.4 is 5.32 Å². The molecule has 2 fully saturated rings. The number of hydrogen-bond acceptors (Lipinski definition) is 7. The highest BCUT2D eigenvalue weighted by atomic mass is 19.1. The summed E-state index contributed by atoms with van der Waals surface area (Å²) in [6.45, 7) is 8.44. The molecule has 4 aromatic rings. The Labute approximate surface area is 319 Å². The lowest BCUT2D eigenvalue weighted by molar-refractivity contribution is -0.138. The summed E-state index contributed by atoms with van der Waals surface area (Å²) in [6.07, 6.45) is 4.45. The molecule has 0 bridgehead atoms. The van der Waals surface area contributed by atoms with Crippen LogP contribution in [0.3, 0.4) is 0 Å². The number of carboxylic acid groups (broad SMARTS) is 1. The number of H-pyrrole nitrogens is 2. The van der Waals surface area contributed by atoms with E-state index in [1.807, 2.05) is 58.0 Å². The molecule has 4 amide bonds. The number of hydrogen-bond donors (Lipinski definition) is 4. The van der Waals surface area contributed by atoms with Gasteiger partial charge >= 0.3 is 12.2 Å². The number of likely N-dealkylation sites (N-methyl/N-ethyl adjacent to an activating group) is 1. The van der Waals surface area contributed by atoms with Gasteiger partial charge in [0, 0.05) is 25.7 Å². The highest BCUT2D eigenvalue weighted by Gasteiger charge is 2.40. The van der Waals surface area contributed by atoms with E-state index in [4.69, 9.17) is 4.74 Å². The number of aromatic amines is 2. The largest absolute Gasteiger partial charge is 0.465 e. The van der Waals surface area contributed by atoms with Crippen molar-refractivity contribution in [3.8, 4) is 33.6 Å². The number of carbonyl (C=O) groups excluding carboxylic acids is 3. The fourth-order valence-corrected chi connectivity index (χ4v) is 7.75. The average Bonchev–Trinajstić information content (AvgIpc) is 4.00.